The molecule has 28 heavy (non-hydrogen) atoms. The fraction of sp³-hybridized carbons (Fsp3) is 0.381. The molecule has 1 saturated heterocycles. The lowest BCUT2D eigenvalue weighted by Crippen LogP contribution is -2.42. The highest BCUT2D eigenvalue weighted by molar-refractivity contribution is 5.97. The molecule has 1 unspecified atom stereocenters. The van der Waals surface area contributed by atoms with Crippen LogP contribution in [-0.4, -0.2) is 40.5 Å². The van der Waals surface area contributed by atoms with Crippen molar-refractivity contribution < 1.29 is 14.8 Å². The topological polar surface area (TPSA) is 95.7 Å². The van der Waals surface area contributed by atoms with Crippen LogP contribution in [0.5, 0.6) is 0 Å². The van der Waals surface area contributed by atoms with Crippen molar-refractivity contribution in [3.8, 4) is 0 Å². The van der Waals surface area contributed by atoms with E-state index >= 15 is 0 Å². The number of nitro groups is 1. The van der Waals surface area contributed by atoms with Crippen molar-refractivity contribution in [2.24, 2.45) is 5.92 Å². The van der Waals surface area contributed by atoms with Crippen LogP contribution in [0.2, 0.25) is 0 Å². The molecule has 0 aliphatic carbocycles. The number of carbonyl (C=O) groups excluding carboxylic acids is 1. The summed E-state index contributed by atoms with van der Waals surface area (Å²) in [4.78, 5) is 26.2. The Morgan fingerprint density at radius 1 is 1.25 bits per heavy atom. The first-order chi connectivity index (χ1) is 13.5. The molecule has 2 N–H and O–H groups in total. The molecule has 1 amide bonds. The number of nitrogens with zero attached hydrogens (tertiary/aromatic N) is 2. The number of hydrogen-bond acceptors (Lipinski definition) is 5. The molecule has 2 aromatic carbocycles. The van der Waals surface area contributed by atoms with Crippen molar-refractivity contribution in [2.75, 3.05) is 25.0 Å². The average Bonchev–Trinajstić information content (AvgIpc) is 2.70. The number of nitro benzene ring substituents is 1. The number of aryl methyl sites for hydroxylation is 1. The lowest BCUT2D eigenvalue weighted by molar-refractivity contribution is -0.384. The Morgan fingerprint density at radius 3 is 2.54 bits per heavy atom. The van der Waals surface area contributed by atoms with Gasteiger partial charge in [-0.1, -0.05) is 36.4 Å². The van der Waals surface area contributed by atoms with Crippen LogP contribution in [0.4, 0.5) is 11.4 Å². The molecule has 7 heteroatoms. The van der Waals surface area contributed by atoms with Gasteiger partial charge in [0.25, 0.3) is 5.69 Å². The highest BCUT2D eigenvalue weighted by atomic mass is 16.6. The summed E-state index contributed by atoms with van der Waals surface area (Å²) in [6.07, 6.45) is 1.63. The Bertz CT molecular complexity index is 833. The van der Waals surface area contributed by atoms with E-state index < -0.39 is 11.0 Å². The van der Waals surface area contributed by atoms with Gasteiger partial charge in [-0.25, -0.2) is 0 Å². The maximum atomic E-state index is 13.2. The van der Waals surface area contributed by atoms with Crippen molar-refractivity contribution in [1.82, 2.24) is 4.90 Å². The molecule has 7 nitrogen and oxygen atoms in total. The maximum absolute atomic E-state index is 13.2. The lowest BCUT2D eigenvalue weighted by Gasteiger charge is -2.36. The summed E-state index contributed by atoms with van der Waals surface area (Å²) in [6, 6.07) is 13.7. The van der Waals surface area contributed by atoms with Gasteiger partial charge in [0.1, 0.15) is 11.7 Å². The Balaban J connectivity index is 1.87. The number of likely N-dealkylation sites (tertiary alicyclic amines) is 1. The molecule has 1 fully saturated rings. The summed E-state index contributed by atoms with van der Waals surface area (Å²) in [5.74, 6) is -0.0328. The minimum atomic E-state index is -0.540. The van der Waals surface area contributed by atoms with Gasteiger partial charge in [0.15, 0.2) is 0 Å². The van der Waals surface area contributed by atoms with E-state index in [9.17, 15) is 20.0 Å². The Morgan fingerprint density at radius 2 is 1.93 bits per heavy atom. The second-order valence-corrected chi connectivity index (χ2v) is 7.24. The second kappa shape index (κ2) is 8.95. The number of benzene rings is 2. The molecule has 2 aromatic rings. The molecular formula is C21H25N3O4. The van der Waals surface area contributed by atoms with E-state index in [0.717, 1.165) is 24.0 Å². The van der Waals surface area contributed by atoms with E-state index in [-0.39, 0.29) is 29.8 Å². The van der Waals surface area contributed by atoms with Crippen molar-refractivity contribution in [3.05, 3.63) is 69.8 Å². The number of nitrogens with one attached hydrogen (secondary N) is 1. The molecule has 1 heterocycles. The predicted molar refractivity (Wildman–Crippen MR) is 107 cm³/mol. The van der Waals surface area contributed by atoms with Crippen LogP contribution in [0.15, 0.2) is 48.5 Å². The lowest BCUT2D eigenvalue weighted by atomic mass is 9.94. The Kier molecular flexibility index (Phi) is 6.38. The van der Waals surface area contributed by atoms with E-state index in [4.69, 9.17) is 0 Å². The van der Waals surface area contributed by atoms with E-state index in [1.54, 1.807) is 19.1 Å². The molecule has 0 bridgehead atoms. The molecule has 1 aliphatic rings. The van der Waals surface area contributed by atoms with Crippen LogP contribution >= 0.6 is 0 Å². The van der Waals surface area contributed by atoms with Gasteiger partial charge in [0, 0.05) is 12.7 Å². The van der Waals surface area contributed by atoms with Crippen molar-refractivity contribution in [2.45, 2.75) is 25.8 Å². The third-order valence-corrected chi connectivity index (χ3v) is 5.24. The highest BCUT2D eigenvalue weighted by Gasteiger charge is 2.32. The standard InChI is InChI=1S/C21H25N3O4/c1-15-7-8-18(19(13-15)24(27)28)22-21(26)20(17-5-3-2-4-6-17)23-11-9-16(14-25)10-12-23/h2-8,13,16,20,25H,9-12,14H2,1H3,(H,22,26). The summed E-state index contributed by atoms with van der Waals surface area (Å²) < 4.78 is 0. The summed E-state index contributed by atoms with van der Waals surface area (Å²) in [6.45, 7) is 3.31. The van der Waals surface area contributed by atoms with Gasteiger partial charge >= 0.3 is 0 Å². The third kappa shape index (κ3) is 4.55. The summed E-state index contributed by atoms with van der Waals surface area (Å²) in [5.41, 5.74) is 1.69. The number of carbonyl (C=O) groups is 1. The van der Waals surface area contributed by atoms with Crippen LogP contribution in [0.25, 0.3) is 0 Å². The zero-order valence-electron chi connectivity index (χ0n) is 15.9. The number of hydrogen-bond donors (Lipinski definition) is 2. The number of anilines is 1. The molecule has 0 radical (unpaired) electrons. The predicted octanol–water partition coefficient (Wildman–Crippen LogP) is 3.29. The third-order valence-electron chi connectivity index (χ3n) is 5.24. The Hall–Kier alpha value is -2.77. The SMILES string of the molecule is Cc1ccc(NC(=O)C(c2ccccc2)N2CCC(CO)CC2)c([N+](=O)[O-])c1. The quantitative estimate of drug-likeness (QED) is 0.589. The zero-order chi connectivity index (χ0) is 20.1. The van der Waals surface area contributed by atoms with Gasteiger partial charge in [-0.15, -0.1) is 0 Å². The van der Waals surface area contributed by atoms with Crippen molar-refractivity contribution >= 4 is 17.3 Å². The monoisotopic (exact) mass is 383 g/mol. The van der Waals surface area contributed by atoms with Crippen LogP contribution in [-0.2, 0) is 4.79 Å². The van der Waals surface area contributed by atoms with Crippen LogP contribution in [0.3, 0.4) is 0 Å². The largest absolute Gasteiger partial charge is 0.396 e. The summed E-state index contributed by atoms with van der Waals surface area (Å²) in [7, 11) is 0. The first kappa shape index (κ1) is 20.0. The number of aliphatic hydroxyl groups excluding tert-OH is 1. The first-order valence-electron chi connectivity index (χ1n) is 9.45. The van der Waals surface area contributed by atoms with E-state index in [1.807, 2.05) is 30.3 Å². The fourth-order valence-corrected chi connectivity index (χ4v) is 3.66. The molecule has 3 rings (SSSR count). The minimum absolute atomic E-state index is 0.112. The smallest absolute Gasteiger partial charge is 0.293 e. The average molecular weight is 383 g/mol. The van der Waals surface area contributed by atoms with Gasteiger partial charge in [0.05, 0.1) is 4.92 Å². The number of amides is 1. The van der Waals surface area contributed by atoms with E-state index in [1.165, 1.54) is 6.07 Å². The van der Waals surface area contributed by atoms with Crippen LogP contribution in [0.1, 0.15) is 30.0 Å². The van der Waals surface area contributed by atoms with E-state index in [2.05, 4.69) is 10.2 Å². The Labute approximate surface area is 164 Å². The van der Waals surface area contributed by atoms with Crippen LogP contribution in [0, 0.1) is 23.0 Å². The van der Waals surface area contributed by atoms with Crippen molar-refractivity contribution in [1.29, 1.82) is 0 Å². The van der Waals surface area contributed by atoms with Crippen molar-refractivity contribution in [3.63, 3.8) is 0 Å². The zero-order valence-corrected chi connectivity index (χ0v) is 15.9. The van der Waals surface area contributed by atoms with Gasteiger partial charge in [-0.3, -0.25) is 19.8 Å². The van der Waals surface area contributed by atoms with Gasteiger partial charge in [-0.05, 0) is 56.0 Å². The summed E-state index contributed by atoms with van der Waals surface area (Å²) in [5, 5.41) is 23.5. The normalized spacial score (nSPS) is 16.5. The molecular weight excluding hydrogens is 358 g/mol. The molecule has 1 aliphatic heterocycles. The molecule has 0 spiro atoms. The second-order valence-electron chi connectivity index (χ2n) is 7.24. The summed E-state index contributed by atoms with van der Waals surface area (Å²) >= 11 is 0. The first-order valence-corrected chi connectivity index (χ1v) is 9.45. The molecule has 148 valence electrons. The number of aliphatic hydroxyl groups is 1. The molecule has 0 saturated carbocycles. The minimum Gasteiger partial charge on any atom is -0.396 e. The highest BCUT2D eigenvalue weighted by Crippen LogP contribution is 2.30. The molecule has 0 aromatic heterocycles. The number of piperidine rings is 1. The molecule has 1 atom stereocenters. The van der Waals surface area contributed by atoms with Gasteiger partial charge in [0.2, 0.25) is 5.91 Å². The van der Waals surface area contributed by atoms with E-state index in [0.29, 0.717) is 13.1 Å². The van der Waals surface area contributed by atoms with Crippen LogP contribution < -0.4 is 5.32 Å². The number of rotatable bonds is 6. The fourth-order valence-electron chi connectivity index (χ4n) is 3.66. The van der Waals surface area contributed by atoms with Gasteiger partial charge in [-0.2, -0.15) is 0 Å². The maximum Gasteiger partial charge on any atom is 0.293 e. The van der Waals surface area contributed by atoms with Gasteiger partial charge < -0.3 is 10.4 Å².